The van der Waals surface area contributed by atoms with Crippen LogP contribution in [0.3, 0.4) is 0 Å². The van der Waals surface area contributed by atoms with Gasteiger partial charge in [0.1, 0.15) is 0 Å². The highest BCUT2D eigenvalue weighted by Crippen LogP contribution is 2.49. The molecule has 3 aliphatic rings. The van der Waals surface area contributed by atoms with Crippen LogP contribution in [0.1, 0.15) is 51.4 Å². The normalized spacial score (nSPS) is 29.0. The van der Waals surface area contributed by atoms with Crippen LogP contribution in [0, 0.1) is 17.8 Å². The Labute approximate surface area is 156 Å². The average Bonchev–Trinajstić information content (AvgIpc) is 3.26. The van der Waals surface area contributed by atoms with Crippen molar-refractivity contribution in [3.8, 4) is 0 Å². The highest BCUT2D eigenvalue weighted by atomic mass is 32.2. The van der Waals surface area contributed by atoms with Gasteiger partial charge in [0.2, 0.25) is 15.9 Å². The second-order valence-electron chi connectivity index (χ2n) is 8.18. The van der Waals surface area contributed by atoms with Crippen molar-refractivity contribution < 1.29 is 13.2 Å². The van der Waals surface area contributed by atoms with Crippen molar-refractivity contribution in [3.63, 3.8) is 0 Å². The fraction of sp³-hybridized carbons (Fsp3) is 0.650. The SMILES string of the molecule is O=C(C[C@@H]1C[C@H]2CC[C@@H]1C2)Nc1ccc(S(=O)(=O)N2CCCCC2)cc1. The van der Waals surface area contributed by atoms with E-state index >= 15 is 0 Å². The van der Waals surface area contributed by atoms with E-state index in [0.717, 1.165) is 31.1 Å². The molecule has 2 aliphatic carbocycles. The first kappa shape index (κ1) is 18.0. The van der Waals surface area contributed by atoms with Crippen LogP contribution in [0.25, 0.3) is 0 Å². The molecule has 3 atom stereocenters. The number of carbonyl (C=O) groups excluding carboxylic acids is 1. The Morgan fingerprint density at radius 1 is 1.04 bits per heavy atom. The van der Waals surface area contributed by atoms with Crippen LogP contribution in [0.5, 0.6) is 0 Å². The van der Waals surface area contributed by atoms with Crippen molar-refractivity contribution in [2.75, 3.05) is 18.4 Å². The number of hydrogen-bond acceptors (Lipinski definition) is 3. The maximum absolute atomic E-state index is 12.7. The third-order valence-electron chi connectivity index (χ3n) is 6.42. The highest BCUT2D eigenvalue weighted by molar-refractivity contribution is 7.89. The van der Waals surface area contributed by atoms with Gasteiger partial charge in [-0.05, 0) is 74.1 Å². The molecule has 0 spiro atoms. The smallest absolute Gasteiger partial charge is 0.243 e. The third kappa shape index (κ3) is 3.67. The van der Waals surface area contributed by atoms with Crippen molar-refractivity contribution in [2.24, 2.45) is 17.8 Å². The number of carbonyl (C=O) groups is 1. The van der Waals surface area contributed by atoms with Crippen LogP contribution >= 0.6 is 0 Å². The van der Waals surface area contributed by atoms with E-state index in [1.165, 1.54) is 25.7 Å². The summed E-state index contributed by atoms with van der Waals surface area (Å²) in [6.07, 6.45) is 8.68. The van der Waals surface area contributed by atoms with Crippen molar-refractivity contribution in [1.82, 2.24) is 4.31 Å². The Balaban J connectivity index is 1.36. The van der Waals surface area contributed by atoms with Gasteiger partial charge in [-0.15, -0.1) is 0 Å². The molecule has 1 aromatic rings. The van der Waals surface area contributed by atoms with Crippen LogP contribution in [0.2, 0.25) is 0 Å². The second kappa shape index (κ2) is 7.31. The number of amides is 1. The number of hydrogen-bond donors (Lipinski definition) is 1. The summed E-state index contributed by atoms with van der Waals surface area (Å²) >= 11 is 0. The van der Waals surface area contributed by atoms with Gasteiger partial charge in [0.05, 0.1) is 4.90 Å². The van der Waals surface area contributed by atoms with Gasteiger partial charge in [-0.2, -0.15) is 4.31 Å². The summed E-state index contributed by atoms with van der Waals surface area (Å²) in [5, 5.41) is 2.94. The van der Waals surface area contributed by atoms with E-state index in [4.69, 9.17) is 0 Å². The standard InChI is InChI=1S/C20H28N2O3S/c23-20(14-17-13-15-4-5-16(17)12-15)21-18-6-8-19(9-7-18)26(24,25)22-10-2-1-3-11-22/h6-9,15-17H,1-5,10-14H2,(H,21,23)/t15-,16+,17-/m0/s1. The molecule has 1 saturated heterocycles. The molecule has 1 amide bonds. The number of nitrogens with zero attached hydrogens (tertiary/aromatic N) is 1. The van der Waals surface area contributed by atoms with Crippen LogP contribution in [0.4, 0.5) is 5.69 Å². The molecule has 2 saturated carbocycles. The van der Waals surface area contributed by atoms with Crippen molar-refractivity contribution in [3.05, 3.63) is 24.3 Å². The molecule has 4 rings (SSSR count). The number of fused-ring (bicyclic) bond motifs is 2. The summed E-state index contributed by atoms with van der Waals surface area (Å²) in [6, 6.07) is 6.62. The monoisotopic (exact) mass is 376 g/mol. The van der Waals surface area contributed by atoms with E-state index in [9.17, 15) is 13.2 Å². The van der Waals surface area contributed by atoms with Gasteiger partial charge in [0, 0.05) is 25.2 Å². The zero-order chi connectivity index (χ0) is 18.1. The van der Waals surface area contributed by atoms with E-state index in [0.29, 0.717) is 36.0 Å². The first-order valence-electron chi connectivity index (χ1n) is 9.92. The summed E-state index contributed by atoms with van der Waals surface area (Å²) in [5.74, 6) is 2.17. The molecule has 0 aromatic heterocycles. The first-order chi connectivity index (χ1) is 12.5. The Hall–Kier alpha value is -1.40. The Bertz CT molecular complexity index is 754. The molecular formula is C20H28N2O3S. The molecule has 6 heteroatoms. The molecule has 26 heavy (non-hydrogen) atoms. The number of rotatable bonds is 5. The Morgan fingerprint density at radius 2 is 1.77 bits per heavy atom. The molecule has 142 valence electrons. The van der Waals surface area contributed by atoms with E-state index < -0.39 is 10.0 Å². The first-order valence-corrected chi connectivity index (χ1v) is 11.4. The quantitative estimate of drug-likeness (QED) is 0.853. The molecule has 0 unspecified atom stereocenters. The van der Waals surface area contributed by atoms with Crippen LogP contribution < -0.4 is 5.32 Å². The van der Waals surface area contributed by atoms with Crippen molar-refractivity contribution >= 4 is 21.6 Å². The maximum Gasteiger partial charge on any atom is 0.243 e. The summed E-state index contributed by atoms with van der Waals surface area (Å²) < 4.78 is 26.9. The van der Waals surface area contributed by atoms with E-state index in [1.807, 2.05) is 0 Å². The molecule has 1 aromatic carbocycles. The van der Waals surface area contributed by atoms with Gasteiger partial charge in [0.15, 0.2) is 0 Å². The lowest BCUT2D eigenvalue weighted by atomic mass is 9.86. The number of sulfonamides is 1. The fourth-order valence-corrected chi connectivity index (χ4v) is 6.56. The molecule has 0 radical (unpaired) electrons. The summed E-state index contributed by atoms with van der Waals surface area (Å²) in [5.41, 5.74) is 0.677. The summed E-state index contributed by atoms with van der Waals surface area (Å²) in [6.45, 7) is 1.20. The Morgan fingerprint density at radius 3 is 2.38 bits per heavy atom. The Kier molecular flexibility index (Phi) is 5.06. The highest BCUT2D eigenvalue weighted by Gasteiger charge is 2.40. The topological polar surface area (TPSA) is 66.5 Å². The van der Waals surface area contributed by atoms with E-state index in [2.05, 4.69) is 5.32 Å². The van der Waals surface area contributed by atoms with Gasteiger partial charge >= 0.3 is 0 Å². The zero-order valence-corrected chi connectivity index (χ0v) is 16.0. The molecule has 1 heterocycles. The zero-order valence-electron chi connectivity index (χ0n) is 15.2. The second-order valence-corrected chi connectivity index (χ2v) is 10.1. The molecule has 5 nitrogen and oxygen atoms in total. The minimum Gasteiger partial charge on any atom is -0.326 e. The molecule has 2 bridgehead atoms. The minimum atomic E-state index is -3.41. The van der Waals surface area contributed by atoms with Crippen molar-refractivity contribution in [2.45, 2.75) is 56.3 Å². The number of piperidine rings is 1. The number of nitrogens with one attached hydrogen (secondary N) is 1. The van der Waals surface area contributed by atoms with Gasteiger partial charge in [-0.25, -0.2) is 8.42 Å². The van der Waals surface area contributed by atoms with E-state index in [1.54, 1.807) is 28.6 Å². The molecule has 1 aliphatic heterocycles. The number of anilines is 1. The lowest BCUT2D eigenvalue weighted by Gasteiger charge is -2.26. The van der Waals surface area contributed by atoms with Gasteiger partial charge < -0.3 is 5.32 Å². The predicted octanol–water partition coefficient (Wildman–Crippen LogP) is 3.63. The fourth-order valence-electron chi connectivity index (χ4n) is 5.04. The minimum absolute atomic E-state index is 0.0502. The third-order valence-corrected chi connectivity index (χ3v) is 8.34. The molecular weight excluding hydrogens is 348 g/mol. The number of benzene rings is 1. The van der Waals surface area contributed by atoms with Crippen molar-refractivity contribution in [1.29, 1.82) is 0 Å². The van der Waals surface area contributed by atoms with E-state index in [-0.39, 0.29) is 5.91 Å². The van der Waals surface area contributed by atoms with Crippen LogP contribution in [0.15, 0.2) is 29.2 Å². The molecule has 1 N–H and O–H groups in total. The lowest BCUT2D eigenvalue weighted by molar-refractivity contribution is -0.117. The maximum atomic E-state index is 12.7. The van der Waals surface area contributed by atoms with Crippen LogP contribution in [-0.2, 0) is 14.8 Å². The lowest BCUT2D eigenvalue weighted by Crippen LogP contribution is -2.35. The van der Waals surface area contributed by atoms with Gasteiger partial charge in [0.25, 0.3) is 0 Å². The van der Waals surface area contributed by atoms with Gasteiger partial charge in [-0.3, -0.25) is 4.79 Å². The average molecular weight is 377 g/mol. The molecule has 3 fully saturated rings. The predicted molar refractivity (Wildman–Crippen MR) is 101 cm³/mol. The summed E-state index contributed by atoms with van der Waals surface area (Å²) in [4.78, 5) is 12.6. The largest absolute Gasteiger partial charge is 0.326 e. The van der Waals surface area contributed by atoms with Crippen LogP contribution in [-0.4, -0.2) is 31.7 Å². The van der Waals surface area contributed by atoms with Gasteiger partial charge in [-0.1, -0.05) is 12.8 Å². The summed E-state index contributed by atoms with van der Waals surface area (Å²) in [7, 11) is -3.41.